The summed E-state index contributed by atoms with van der Waals surface area (Å²) in [4.78, 5) is 30.6. The van der Waals surface area contributed by atoms with Crippen molar-refractivity contribution in [2.45, 2.75) is 38.5 Å². The van der Waals surface area contributed by atoms with Crippen molar-refractivity contribution in [3.05, 3.63) is 52.9 Å². The van der Waals surface area contributed by atoms with Gasteiger partial charge in [0.15, 0.2) is 28.8 Å². The van der Waals surface area contributed by atoms with Gasteiger partial charge in [-0.05, 0) is 62.6 Å². The molecule has 8 heteroatoms. The van der Waals surface area contributed by atoms with Crippen molar-refractivity contribution < 1.29 is 23.5 Å². The maximum Gasteiger partial charge on any atom is 0.222 e. The van der Waals surface area contributed by atoms with Crippen LogP contribution in [0.3, 0.4) is 0 Å². The van der Waals surface area contributed by atoms with Crippen LogP contribution in [-0.2, 0) is 4.79 Å². The second-order valence-corrected chi connectivity index (χ2v) is 8.63. The molecule has 1 aliphatic rings. The Bertz CT molecular complexity index is 1150. The zero-order chi connectivity index (χ0) is 23.4. The minimum absolute atomic E-state index is 0.0327. The van der Waals surface area contributed by atoms with E-state index >= 15 is 0 Å². The van der Waals surface area contributed by atoms with Crippen molar-refractivity contribution in [2.24, 2.45) is 0 Å². The number of rotatable bonds is 8. The topological polar surface area (TPSA) is 81.9 Å². The lowest BCUT2D eigenvalue weighted by molar-refractivity contribution is -0.132. The third-order valence-corrected chi connectivity index (χ3v) is 6.16. The highest BCUT2D eigenvalue weighted by Gasteiger charge is 2.27. The Balaban J connectivity index is 1.23. The molecular formula is C25H27ClN2O5. The standard InChI is InChI=1S/C25H27ClN2O5/c1-16(29)18-5-7-22(23(14-18)31-2)32-13-3-4-24(30)28-11-9-17(10-12-28)25-27-20-15-19(26)6-8-21(20)33-25/h5-8,14-15,17H,3-4,9-13H2,1-2H3. The SMILES string of the molecule is COc1cc(C(C)=O)ccc1OCCCC(=O)N1CCC(c2nc3cc(Cl)ccc3o2)CC1. The average molecular weight is 471 g/mol. The van der Waals surface area contributed by atoms with Crippen LogP contribution < -0.4 is 9.47 Å². The minimum atomic E-state index is -0.0327. The van der Waals surface area contributed by atoms with E-state index in [0.29, 0.717) is 54.6 Å². The number of carbonyl (C=O) groups excluding carboxylic acids is 2. The molecule has 4 rings (SSSR count). The number of benzene rings is 2. The van der Waals surface area contributed by atoms with Crippen LogP contribution >= 0.6 is 11.6 Å². The van der Waals surface area contributed by atoms with Crippen molar-refractivity contribution in [3.63, 3.8) is 0 Å². The Kier molecular flexibility index (Phi) is 7.18. The number of fused-ring (bicyclic) bond motifs is 1. The van der Waals surface area contributed by atoms with Gasteiger partial charge < -0.3 is 18.8 Å². The van der Waals surface area contributed by atoms with Crippen LogP contribution in [0.25, 0.3) is 11.1 Å². The number of aromatic nitrogens is 1. The van der Waals surface area contributed by atoms with Crippen LogP contribution in [0.15, 0.2) is 40.8 Å². The number of hydrogen-bond acceptors (Lipinski definition) is 6. The molecular weight excluding hydrogens is 444 g/mol. The lowest BCUT2D eigenvalue weighted by atomic mass is 9.96. The smallest absolute Gasteiger partial charge is 0.222 e. The molecule has 0 N–H and O–H groups in total. The largest absolute Gasteiger partial charge is 0.493 e. The van der Waals surface area contributed by atoms with Crippen LogP contribution in [0.4, 0.5) is 0 Å². The predicted octanol–water partition coefficient (Wildman–Crippen LogP) is 5.26. The molecule has 1 fully saturated rings. The number of hydrogen-bond donors (Lipinski definition) is 0. The lowest BCUT2D eigenvalue weighted by Crippen LogP contribution is -2.38. The highest BCUT2D eigenvalue weighted by molar-refractivity contribution is 6.31. The number of piperidine rings is 1. The number of ether oxygens (including phenoxy) is 2. The van der Waals surface area contributed by atoms with Gasteiger partial charge in [0.1, 0.15) is 5.52 Å². The molecule has 2 aromatic carbocycles. The van der Waals surface area contributed by atoms with Crippen molar-refractivity contribution in [3.8, 4) is 11.5 Å². The molecule has 0 radical (unpaired) electrons. The first kappa shape index (κ1) is 23.1. The summed E-state index contributed by atoms with van der Waals surface area (Å²) < 4.78 is 17.0. The molecule has 1 saturated heterocycles. The number of likely N-dealkylation sites (tertiary alicyclic amines) is 1. The maximum absolute atomic E-state index is 12.6. The molecule has 0 atom stereocenters. The van der Waals surface area contributed by atoms with Gasteiger partial charge in [0, 0.05) is 36.0 Å². The minimum Gasteiger partial charge on any atom is -0.493 e. The first-order valence-electron chi connectivity index (χ1n) is 11.1. The van der Waals surface area contributed by atoms with E-state index in [4.69, 9.17) is 25.5 Å². The second kappa shape index (κ2) is 10.3. The van der Waals surface area contributed by atoms with Crippen LogP contribution in [-0.4, -0.2) is 48.4 Å². The zero-order valence-electron chi connectivity index (χ0n) is 18.8. The highest BCUT2D eigenvalue weighted by Crippen LogP contribution is 2.31. The molecule has 1 amide bonds. The number of ketones is 1. The van der Waals surface area contributed by atoms with Gasteiger partial charge in [-0.1, -0.05) is 11.6 Å². The normalized spacial score (nSPS) is 14.5. The summed E-state index contributed by atoms with van der Waals surface area (Å²) in [7, 11) is 1.54. The molecule has 0 unspecified atom stereocenters. The summed E-state index contributed by atoms with van der Waals surface area (Å²) in [6.07, 6.45) is 2.66. The third kappa shape index (κ3) is 5.47. The molecule has 1 aliphatic heterocycles. The van der Waals surface area contributed by atoms with Gasteiger partial charge in [-0.3, -0.25) is 9.59 Å². The lowest BCUT2D eigenvalue weighted by Gasteiger charge is -2.30. The van der Waals surface area contributed by atoms with Crippen molar-refractivity contribution in [1.29, 1.82) is 0 Å². The fraction of sp³-hybridized carbons (Fsp3) is 0.400. The summed E-state index contributed by atoms with van der Waals surface area (Å²) in [6, 6.07) is 10.5. The number of halogens is 1. The van der Waals surface area contributed by atoms with Crippen molar-refractivity contribution in [2.75, 3.05) is 26.8 Å². The summed E-state index contributed by atoms with van der Waals surface area (Å²) in [6.45, 7) is 3.27. The molecule has 1 aromatic heterocycles. The number of oxazole rings is 1. The van der Waals surface area contributed by atoms with Gasteiger partial charge in [0.25, 0.3) is 0 Å². The molecule has 0 spiro atoms. The predicted molar refractivity (Wildman–Crippen MR) is 125 cm³/mol. The number of nitrogens with zero attached hydrogens (tertiary/aromatic N) is 2. The van der Waals surface area contributed by atoms with Crippen molar-refractivity contribution in [1.82, 2.24) is 9.88 Å². The van der Waals surface area contributed by atoms with Crippen LogP contribution in [0, 0.1) is 0 Å². The van der Waals surface area contributed by atoms with Gasteiger partial charge in [0.2, 0.25) is 5.91 Å². The summed E-state index contributed by atoms with van der Waals surface area (Å²) in [5, 5.41) is 0.637. The summed E-state index contributed by atoms with van der Waals surface area (Å²) in [5.74, 6) is 2.09. The second-order valence-electron chi connectivity index (χ2n) is 8.19. The molecule has 2 heterocycles. The first-order chi connectivity index (χ1) is 15.9. The van der Waals surface area contributed by atoms with E-state index in [9.17, 15) is 9.59 Å². The van der Waals surface area contributed by atoms with E-state index in [1.54, 1.807) is 30.3 Å². The van der Waals surface area contributed by atoms with Crippen molar-refractivity contribution >= 4 is 34.4 Å². The van der Waals surface area contributed by atoms with E-state index < -0.39 is 0 Å². The number of amides is 1. The Labute approximate surface area is 197 Å². The fourth-order valence-electron chi connectivity index (χ4n) is 4.04. The van der Waals surface area contributed by atoms with Crippen LogP contribution in [0.1, 0.15) is 54.8 Å². The quantitative estimate of drug-likeness (QED) is 0.330. The number of carbonyl (C=O) groups is 2. The molecule has 0 bridgehead atoms. The van der Waals surface area contributed by atoms with Gasteiger partial charge >= 0.3 is 0 Å². The molecule has 3 aromatic rings. The third-order valence-electron chi connectivity index (χ3n) is 5.93. The summed E-state index contributed by atoms with van der Waals surface area (Å²) in [5.41, 5.74) is 2.07. The Morgan fingerprint density at radius 1 is 1.15 bits per heavy atom. The zero-order valence-corrected chi connectivity index (χ0v) is 19.6. The summed E-state index contributed by atoms with van der Waals surface area (Å²) >= 11 is 6.03. The van der Waals surface area contributed by atoms with Gasteiger partial charge in [-0.2, -0.15) is 0 Å². The fourth-order valence-corrected chi connectivity index (χ4v) is 4.20. The molecule has 0 aliphatic carbocycles. The number of methoxy groups -OCH3 is 1. The monoisotopic (exact) mass is 470 g/mol. The molecule has 33 heavy (non-hydrogen) atoms. The van der Waals surface area contributed by atoms with Crippen LogP contribution in [0.5, 0.6) is 11.5 Å². The van der Waals surface area contributed by atoms with E-state index in [-0.39, 0.29) is 17.6 Å². The molecule has 0 saturated carbocycles. The first-order valence-corrected chi connectivity index (χ1v) is 11.5. The maximum atomic E-state index is 12.6. The Hall–Kier alpha value is -3.06. The van der Waals surface area contributed by atoms with E-state index in [2.05, 4.69) is 4.98 Å². The molecule has 174 valence electrons. The van der Waals surface area contributed by atoms with Gasteiger partial charge in [0.05, 0.1) is 13.7 Å². The number of Topliss-reactive ketones (excluding diaryl/α,β-unsaturated/α-hetero) is 1. The average Bonchev–Trinajstić information content (AvgIpc) is 3.25. The van der Waals surface area contributed by atoms with E-state index in [1.807, 2.05) is 11.0 Å². The van der Waals surface area contributed by atoms with E-state index in [0.717, 1.165) is 29.8 Å². The Morgan fingerprint density at radius 3 is 2.67 bits per heavy atom. The molecule has 7 nitrogen and oxygen atoms in total. The van der Waals surface area contributed by atoms with E-state index in [1.165, 1.54) is 14.0 Å². The Morgan fingerprint density at radius 2 is 1.94 bits per heavy atom. The van der Waals surface area contributed by atoms with Crippen LogP contribution in [0.2, 0.25) is 5.02 Å². The van der Waals surface area contributed by atoms with Gasteiger partial charge in [-0.25, -0.2) is 4.98 Å². The van der Waals surface area contributed by atoms with Gasteiger partial charge in [-0.15, -0.1) is 0 Å². The highest BCUT2D eigenvalue weighted by atomic mass is 35.5.